The summed E-state index contributed by atoms with van der Waals surface area (Å²) in [6.07, 6.45) is 1.04. The molecular formula is C15H20BrN3O2. The van der Waals surface area contributed by atoms with Crippen LogP contribution in [0.2, 0.25) is 0 Å². The van der Waals surface area contributed by atoms with Gasteiger partial charge in [-0.05, 0) is 24.6 Å². The van der Waals surface area contributed by atoms with E-state index in [0.29, 0.717) is 17.3 Å². The molecule has 1 unspecified atom stereocenters. The summed E-state index contributed by atoms with van der Waals surface area (Å²) in [5.41, 5.74) is 7.08. The highest BCUT2D eigenvalue weighted by Gasteiger charge is 2.31. The highest BCUT2D eigenvalue weighted by atomic mass is 79.9. The van der Waals surface area contributed by atoms with Crippen LogP contribution >= 0.6 is 15.9 Å². The molecule has 0 radical (unpaired) electrons. The fraction of sp³-hybridized carbons (Fsp3) is 0.533. The van der Waals surface area contributed by atoms with Gasteiger partial charge in [-0.25, -0.2) is 0 Å². The summed E-state index contributed by atoms with van der Waals surface area (Å²) in [7, 11) is 0. The fourth-order valence-corrected chi connectivity index (χ4v) is 3.60. The average Bonchev–Trinajstić information content (AvgIpc) is 2.96. The van der Waals surface area contributed by atoms with Gasteiger partial charge in [0.1, 0.15) is 0 Å². The van der Waals surface area contributed by atoms with Crippen molar-refractivity contribution in [1.29, 1.82) is 0 Å². The highest BCUT2D eigenvalue weighted by molar-refractivity contribution is 9.10. The van der Waals surface area contributed by atoms with Crippen molar-refractivity contribution in [2.45, 2.75) is 12.5 Å². The molecule has 2 heterocycles. The van der Waals surface area contributed by atoms with Crippen LogP contribution in [0.4, 0.5) is 5.69 Å². The molecule has 2 fully saturated rings. The summed E-state index contributed by atoms with van der Waals surface area (Å²) < 4.78 is 6.23. The lowest BCUT2D eigenvalue weighted by atomic mass is 10.2. The fourth-order valence-electron chi connectivity index (χ4n) is 3.09. The van der Waals surface area contributed by atoms with E-state index in [1.54, 1.807) is 12.1 Å². The molecule has 1 amide bonds. The molecule has 0 spiro atoms. The Morgan fingerprint density at radius 3 is 2.71 bits per heavy atom. The first-order valence-corrected chi connectivity index (χ1v) is 8.10. The molecule has 2 aliphatic heterocycles. The summed E-state index contributed by atoms with van der Waals surface area (Å²) in [5, 5.41) is 0. The Labute approximate surface area is 133 Å². The van der Waals surface area contributed by atoms with E-state index in [1.165, 1.54) is 0 Å². The molecule has 2 aliphatic rings. The number of morpholine rings is 1. The third kappa shape index (κ3) is 3.39. The van der Waals surface area contributed by atoms with Crippen molar-refractivity contribution in [3.05, 3.63) is 28.2 Å². The number of amides is 1. The number of likely N-dealkylation sites (tertiary alicyclic amines) is 1. The predicted molar refractivity (Wildman–Crippen MR) is 85.3 cm³/mol. The highest BCUT2D eigenvalue weighted by Crippen LogP contribution is 2.22. The Bertz CT molecular complexity index is 511. The Hall–Kier alpha value is -1.11. The van der Waals surface area contributed by atoms with Crippen molar-refractivity contribution in [3.63, 3.8) is 0 Å². The number of ether oxygens (including phenoxy) is 1. The molecule has 2 saturated heterocycles. The first-order valence-electron chi connectivity index (χ1n) is 7.30. The molecule has 0 aromatic heterocycles. The zero-order valence-corrected chi connectivity index (χ0v) is 13.5. The predicted octanol–water partition coefficient (Wildman–Crippen LogP) is 1.58. The SMILES string of the molecule is Nc1cc(Br)cc(C(=O)N2CCC(N3CCOCC3)C2)c1. The molecule has 0 aliphatic carbocycles. The van der Waals surface area contributed by atoms with Crippen LogP contribution in [0.1, 0.15) is 16.8 Å². The maximum atomic E-state index is 12.6. The number of anilines is 1. The maximum absolute atomic E-state index is 12.6. The van der Waals surface area contributed by atoms with Crippen LogP contribution in [-0.4, -0.2) is 61.1 Å². The zero-order chi connectivity index (χ0) is 14.8. The van der Waals surface area contributed by atoms with Crippen LogP contribution in [0.15, 0.2) is 22.7 Å². The smallest absolute Gasteiger partial charge is 0.254 e. The number of nitrogens with zero attached hydrogens (tertiary/aromatic N) is 2. The van der Waals surface area contributed by atoms with Gasteiger partial charge >= 0.3 is 0 Å². The number of carbonyl (C=O) groups is 1. The molecule has 6 heteroatoms. The molecule has 5 nitrogen and oxygen atoms in total. The second kappa shape index (κ2) is 6.34. The number of benzene rings is 1. The van der Waals surface area contributed by atoms with E-state index >= 15 is 0 Å². The molecule has 1 aromatic carbocycles. The number of carbonyl (C=O) groups excluding carboxylic acids is 1. The molecule has 2 N–H and O–H groups in total. The molecule has 3 rings (SSSR count). The van der Waals surface area contributed by atoms with E-state index in [9.17, 15) is 4.79 Å². The summed E-state index contributed by atoms with van der Waals surface area (Å²) in [4.78, 5) is 17.0. The molecule has 21 heavy (non-hydrogen) atoms. The second-order valence-corrected chi connectivity index (χ2v) is 6.53. The molecule has 1 atom stereocenters. The van der Waals surface area contributed by atoms with Crippen molar-refractivity contribution in [3.8, 4) is 0 Å². The van der Waals surface area contributed by atoms with Crippen LogP contribution in [0.5, 0.6) is 0 Å². The molecule has 0 bridgehead atoms. The van der Waals surface area contributed by atoms with Crippen molar-refractivity contribution in [2.24, 2.45) is 0 Å². The van der Waals surface area contributed by atoms with E-state index in [4.69, 9.17) is 10.5 Å². The van der Waals surface area contributed by atoms with E-state index < -0.39 is 0 Å². The number of hydrogen-bond acceptors (Lipinski definition) is 4. The van der Waals surface area contributed by atoms with E-state index in [0.717, 1.165) is 50.3 Å². The first-order chi connectivity index (χ1) is 10.1. The standard InChI is InChI=1S/C15H20BrN3O2/c16-12-7-11(8-13(17)9-12)15(20)19-2-1-14(10-19)18-3-5-21-6-4-18/h7-9,14H,1-6,10,17H2. The third-order valence-corrected chi connectivity index (χ3v) is 4.64. The van der Waals surface area contributed by atoms with Gasteiger partial charge in [0.2, 0.25) is 0 Å². The summed E-state index contributed by atoms with van der Waals surface area (Å²) in [6, 6.07) is 5.84. The zero-order valence-electron chi connectivity index (χ0n) is 11.9. The van der Waals surface area contributed by atoms with Gasteiger partial charge in [0.25, 0.3) is 5.91 Å². The number of nitrogen functional groups attached to an aromatic ring is 1. The first kappa shape index (κ1) is 14.8. The topological polar surface area (TPSA) is 58.8 Å². The van der Waals surface area contributed by atoms with Crippen LogP contribution in [0.3, 0.4) is 0 Å². The minimum absolute atomic E-state index is 0.0683. The number of nitrogens with two attached hydrogens (primary N) is 1. The van der Waals surface area contributed by atoms with Gasteiger partial charge in [0.05, 0.1) is 13.2 Å². The number of halogens is 1. The van der Waals surface area contributed by atoms with Crippen LogP contribution in [0.25, 0.3) is 0 Å². The molecule has 0 saturated carbocycles. The Morgan fingerprint density at radius 1 is 1.24 bits per heavy atom. The van der Waals surface area contributed by atoms with Crippen LogP contribution in [0, 0.1) is 0 Å². The minimum atomic E-state index is 0.0683. The molecule has 1 aromatic rings. The second-order valence-electron chi connectivity index (χ2n) is 5.62. The maximum Gasteiger partial charge on any atom is 0.254 e. The van der Waals surface area contributed by atoms with Crippen LogP contribution < -0.4 is 5.73 Å². The van der Waals surface area contributed by atoms with Gasteiger partial charge in [-0.2, -0.15) is 0 Å². The third-order valence-electron chi connectivity index (χ3n) is 4.18. The lowest BCUT2D eigenvalue weighted by molar-refractivity contribution is 0.0185. The van der Waals surface area contributed by atoms with Gasteiger partial charge in [0, 0.05) is 47.9 Å². The van der Waals surface area contributed by atoms with Gasteiger partial charge in [0.15, 0.2) is 0 Å². The van der Waals surface area contributed by atoms with Gasteiger partial charge < -0.3 is 15.4 Å². The number of hydrogen-bond donors (Lipinski definition) is 1. The van der Waals surface area contributed by atoms with Gasteiger partial charge in [-0.1, -0.05) is 15.9 Å². The normalized spacial score (nSPS) is 23.5. The summed E-state index contributed by atoms with van der Waals surface area (Å²) >= 11 is 3.39. The lowest BCUT2D eigenvalue weighted by Gasteiger charge is -2.32. The van der Waals surface area contributed by atoms with E-state index in [2.05, 4.69) is 20.8 Å². The monoisotopic (exact) mass is 353 g/mol. The van der Waals surface area contributed by atoms with Crippen LogP contribution in [-0.2, 0) is 4.74 Å². The minimum Gasteiger partial charge on any atom is -0.399 e. The quantitative estimate of drug-likeness (QED) is 0.820. The lowest BCUT2D eigenvalue weighted by Crippen LogP contribution is -2.45. The molecule has 114 valence electrons. The van der Waals surface area contributed by atoms with E-state index in [1.807, 2.05) is 11.0 Å². The summed E-state index contributed by atoms with van der Waals surface area (Å²) in [5.74, 6) is 0.0683. The molecular weight excluding hydrogens is 334 g/mol. The van der Waals surface area contributed by atoms with Gasteiger partial charge in [-0.3, -0.25) is 9.69 Å². The van der Waals surface area contributed by atoms with Gasteiger partial charge in [-0.15, -0.1) is 0 Å². The average molecular weight is 354 g/mol. The van der Waals surface area contributed by atoms with Crippen molar-refractivity contribution < 1.29 is 9.53 Å². The Kier molecular flexibility index (Phi) is 4.47. The number of rotatable bonds is 2. The van der Waals surface area contributed by atoms with Crippen molar-refractivity contribution in [1.82, 2.24) is 9.80 Å². The summed E-state index contributed by atoms with van der Waals surface area (Å²) in [6.45, 7) is 5.14. The Balaban J connectivity index is 1.66. The Morgan fingerprint density at radius 2 is 2.00 bits per heavy atom. The van der Waals surface area contributed by atoms with Crippen molar-refractivity contribution >= 4 is 27.5 Å². The van der Waals surface area contributed by atoms with E-state index in [-0.39, 0.29) is 5.91 Å². The largest absolute Gasteiger partial charge is 0.399 e. The van der Waals surface area contributed by atoms with Crippen molar-refractivity contribution in [2.75, 3.05) is 45.1 Å².